The van der Waals surface area contributed by atoms with E-state index in [0.29, 0.717) is 12.1 Å². The van der Waals surface area contributed by atoms with Gasteiger partial charge in [-0.1, -0.05) is 34.1 Å². The van der Waals surface area contributed by atoms with E-state index in [4.69, 9.17) is 0 Å². The third kappa shape index (κ3) is 3.28. The zero-order chi connectivity index (χ0) is 10.6. The minimum Gasteiger partial charge on any atom is -0.304 e. The van der Waals surface area contributed by atoms with E-state index < -0.39 is 0 Å². The Morgan fingerprint density at radius 3 is 2.71 bits per heavy atom. The van der Waals surface area contributed by atoms with Crippen molar-refractivity contribution in [2.75, 3.05) is 0 Å². The summed E-state index contributed by atoms with van der Waals surface area (Å²) in [4.78, 5) is 0. The molecule has 0 amide bonds. The molecule has 1 N–H and O–H groups in total. The Bertz CT molecular complexity index is 309. The SMILES string of the molecule is C=CC(C)N[C@@H](C)c1cccc(Br)c1. The van der Waals surface area contributed by atoms with Gasteiger partial charge < -0.3 is 5.32 Å². The van der Waals surface area contributed by atoms with Gasteiger partial charge in [0.05, 0.1) is 0 Å². The van der Waals surface area contributed by atoms with Crippen molar-refractivity contribution in [3.8, 4) is 0 Å². The zero-order valence-electron chi connectivity index (χ0n) is 8.63. The summed E-state index contributed by atoms with van der Waals surface area (Å²) >= 11 is 3.47. The van der Waals surface area contributed by atoms with Crippen molar-refractivity contribution in [2.45, 2.75) is 25.9 Å². The Labute approximate surface area is 94.3 Å². The monoisotopic (exact) mass is 253 g/mol. The maximum Gasteiger partial charge on any atom is 0.0297 e. The third-order valence-electron chi connectivity index (χ3n) is 2.22. The molecule has 2 atom stereocenters. The summed E-state index contributed by atoms with van der Waals surface area (Å²) in [6.45, 7) is 8.01. The fraction of sp³-hybridized carbons (Fsp3) is 0.333. The fourth-order valence-corrected chi connectivity index (χ4v) is 1.75. The maximum atomic E-state index is 3.75. The zero-order valence-corrected chi connectivity index (χ0v) is 10.2. The van der Waals surface area contributed by atoms with Gasteiger partial charge in [-0.15, -0.1) is 6.58 Å². The molecule has 1 aromatic rings. The summed E-state index contributed by atoms with van der Waals surface area (Å²) < 4.78 is 1.12. The lowest BCUT2D eigenvalue weighted by Gasteiger charge is -2.17. The Morgan fingerprint density at radius 1 is 1.43 bits per heavy atom. The maximum absolute atomic E-state index is 3.75. The van der Waals surface area contributed by atoms with Crippen LogP contribution in [0.2, 0.25) is 0 Å². The molecule has 2 heteroatoms. The number of halogens is 1. The van der Waals surface area contributed by atoms with Crippen LogP contribution in [-0.4, -0.2) is 6.04 Å². The predicted octanol–water partition coefficient (Wildman–Crippen LogP) is 3.67. The Hall–Kier alpha value is -0.600. The van der Waals surface area contributed by atoms with Gasteiger partial charge in [-0.2, -0.15) is 0 Å². The number of hydrogen-bond donors (Lipinski definition) is 1. The van der Waals surface area contributed by atoms with Crippen LogP contribution in [0.5, 0.6) is 0 Å². The fourth-order valence-electron chi connectivity index (χ4n) is 1.33. The van der Waals surface area contributed by atoms with E-state index in [2.05, 4.69) is 59.9 Å². The second-order valence-electron chi connectivity index (χ2n) is 3.47. The molecule has 0 heterocycles. The van der Waals surface area contributed by atoms with Crippen LogP contribution in [0.15, 0.2) is 41.4 Å². The van der Waals surface area contributed by atoms with Gasteiger partial charge >= 0.3 is 0 Å². The number of rotatable bonds is 4. The van der Waals surface area contributed by atoms with E-state index in [1.54, 1.807) is 0 Å². The molecule has 1 rings (SSSR count). The minimum atomic E-state index is 0.337. The topological polar surface area (TPSA) is 12.0 Å². The molecule has 0 saturated carbocycles. The molecular formula is C12H16BrN. The highest BCUT2D eigenvalue weighted by atomic mass is 79.9. The first-order chi connectivity index (χ1) is 6.63. The standard InChI is InChI=1S/C12H16BrN/c1-4-9(2)14-10(3)11-6-5-7-12(13)8-11/h4-10,14H,1H2,2-3H3/t9?,10-/m0/s1. The second-order valence-corrected chi connectivity index (χ2v) is 4.38. The van der Waals surface area contributed by atoms with Crippen LogP contribution in [0, 0.1) is 0 Å². The first-order valence-corrected chi connectivity index (χ1v) is 5.57. The van der Waals surface area contributed by atoms with Crippen LogP contribution in [0.3, 0.4) is 0 Å². The average Bonchev–Trinajstić information content (AvgIpc) is 2.17. The summed E-state index contributed by atoms with van der Waals surface area (Å²) in [5, 5.41) is 3.43. The molecule has 0 saturated heterocycles. The Kier molecular flexibility index (Phi) is 4.36. The van der Waals surface area contributed by atoms with Crippen LogP contribution in [0.4, 0.5) is 0 Å². The molecule has 0 spiro atoms. The second kappa shape index (κ2) is 5.32. The molecule has 0 radical (unpaired) electrons. The van der Waals surface area contributed by atoms with Crippen molar-refractivity contribution in [3.63, 3.8) is 0 Å². The highest BCUT2D eigenvalue weighted by Gasteiger charge is 2.06. The summed E-state index contributed by atoms with van der Waals surface area (Å²) in [7, 11) is 0. The van der Waals surface area contributed by atoms with Gasteiger partial charge in [0.15, 0.2) is 0 Å². The van der Waals surface area contributed by atoms with Crippen molar-refractivity contribution in [1.29, 1.82) is 0 Å². The largest absolute Gasteiger partial charge is 0.304 e. The lowest BCUT2D eigenvalue weighted by molar-refractivity contribution is 0.537. The van der Waals surface area contributed by atoms with Crippen molar-refractivity contribution < 1.29 is 0 Å². The van der Waals surface area contributed by atoms with Crippen molar-refractivity contribution in [2.24, 2.45) is 0 Å². The van der Waals surface area contributed by atoms with E-state index in [0.717, 1.165) is 4.47 Å². The minimum absolute atomic E-state index is 0.337. The number of benzene rings is 1. The highest BCUT2D eigenvalue weighted by Crippen LogP contribution is 2.18. The molecule has 1 aromatic carbocycles. The average molecular weight is 254 g/mol. The molecule has 76 valence electrons. The van der Waals surface area contributed by atoms with Crippen LogP contribution in [-0.2, 0) is 0 Å². The quantitative estimate of drug-likeness (QED) is 0.808. The first-order valence-electron chi connectivity index (χ1n) is 4.77. The summed E-state index contributed by atoms with van der Waals surface area (Å²) in [6.07, 6.45) is 1.91. The van der Waals surface area contributed by atoms with Crippen molar-refractivity contribution >= 4 is 15.9 Å². The molecule has 0 aliphatic heterocycles. The van der Waals surface area contributed by atoms with E-state index in [-0.39, 0.29) is 0 Å². The molecule has 0 aromatic heterocycles. The van der Waals surface area contributed by atoms with Crippen LogP contribution in [0.1, 0.15) is 25.5 Å². The van der Waals surface area contributed by atoms with E-state index in [1.165, 1.54) is 5.56 Å². The predicted molar refractivity (Wildman–Crippen MR) is 65.4 cm³/mol. The van der Waals surface area contributed by atoms with Crippen molar-refractivity contribution in [1.82, 2.24) is 5.32 Å². The molecule has 14 heavy (non-hydrogen) atoms. The van der Waals surface area contributed by atoms with Gasteiger partial charge in [-0.05, 0) is 31.5 Å². The summed E-state index contributed by atoms with van der Waals surface area (Å²) in [5.41, 5.74) is 1.29. The molecular weight excluding hydrogens is 238 g/mol. The van der Waals surface area contributed by atoms with Gasteiger partial charge in [0.2, 0.25) is 0 Å². The Balaban J connectivity index is 2.69. The van der Waals surface area contributed by atoms with Gasteiger partial charge in [-0.3, -0.25) is 0 Å². The molecule has 0 aliphatic rings. The number of nitrogens with one attached hydrogen (secondary N) is 1. The highest BCUT2D eigenvalue weighted by molar-refractivity contribution is 9.10. The number of hydrogen-bond acceptors (Lipinski definition) is 1. The van der Waals surface area contributed by atoms with Crippen molar-refractivity contribution in [3.05, 3.63) is 47.0 Å². The normalized spacial score (nSPS) is 14.8. The lowest BCUT2D eigenvalue weighted by atomic mass is 10.1. The van der Waals surface area contributed by atoms with Gasteiger partial charge in [0, 0.05) is 16.6 Å². The van der Waals surface area contributed by atoms with Crippen LogP contribution >= 0.6 is 15.9 Å². The van der Waals surface area contributed by atoms with E-state index >= 15 is 0 Å². The molecule has 1 unspecified atom stereocenters. The third-order valence-corrected chi connectivity index (χ3v) is 2.71. The smallest absolute Gasteiger partial charge is 0.0297 e. The first kappa shape index (κ1) is 11.5. The summed E-state index contributed by atoms with van der Waals surface area (Å²) in [6, 6.07) is 9.03. The van der Waals surface area contributed by atoms with Gasteiger partial charge in [0.25, 0.3) is 0 Å². The van der Waals surface area contributed by atoms with Crippen LogP contribution < -0.4 is 5.32 Å². The van der Waals surface area contributed by atoms with E-state index in [9.17, 15) is 0 Å². The molecule has 0 aliphatic carbocycles. The van der Waals surface area contributed by atoms with Gasteiger partial charge in [-0.25, -0.2) is 0 Å². The molecule has 0 bridgehead atoms. The van der Waals surface area contributed by atoms with E-state index in [1.807, 2.05) is 12.1 Å². The lowest BCUT2D eigenvalue weighted by Crippen LogP contribution is -2.26. The van der Waals surface area contributed by atoms with Crippen LogP contribution in [0.25, 0.3) is 0 Å². The molecule has 0 fully saturated rings. The molecule has 1 nitrogen and oxygen atoms in total. The van der Waals surface area contributed by atoms with Gasteiger partial charge in [0.1, 0.15) is 0 Å². The Morgan fingerprint density at radius 2 is 2.14 bits per heavy atom. The summed E-state index contributed by atoms with van der Waals surface area (Å²) in [5.74, 6) is 0.